The standard InChI is InChI=1S/C23H19ClN4/c1-13-17(5-8-27-21(13)11-25)19-9-16(24)10-20-18-6-7-26-14(2)22(18)28(23(19)20)12-15-3-4-15/h5-10,15H,3-4,12H2,1-2H3. The lowest BCUT2D eigenvalue weighted by Gasteiger charge is -2.14. The van der Waals surface area contributed by atoms with E-state index in [2.05, 4.69) is 33.6 Å². The number of aryl methyl sites for hydroxylation is 1. The number of rotatable bonds is 3. The molecule has 0 saturated heterocycles. The van der Waals surface area contributed by atoms with Crippen molar-refractivity contribution in [1.29, 1.82) is 5.26 Å². The summed E-state index contributed by atoms with van der Waals surface area (Å²) in [7, 11) is 0. The van der Waals surface area contributed by atoms with E-state index in [0.29, 0.717) is 10.7 Å². The summed E-state index contributed by atoms with van der Waals surface area (Å²) in [6, 6.07) is 10.3. The molecular formula is C23H19ClN4. The van der Waals surface area contributed by atoms with Crippen LogP contribution < -0.4 is 0 Å². The lowest BCUT2D eigenvalue weighted by atomic mass is 9.98. The van der Waals surface area contributed by atoms with E-state index in [-0.39, 0.29) is 0 Å². The lowest BCUT2D eigenvalue weighted by Crippen LogP contribution is -2.03. The minimum atomic E-state index is 0.452. The van der Waals surface area contributed by atoms with Gasteiger partial charge >= 0.3 is 0 Å². The molecule has 0 atom stereocenters. The van der Waals surface area contributed by atoms with Crippen molar-refractivity contribution >= 4 is 33.4 Å². The number of pyridine rings is 2. The summed E-state index contributed by atoms with van der Waals surface area (Å²) in [6.45, 7) is 5.00. The zero-order valence-corrected chi connectivity index (χ0v) is 16.6. The van der Waals surface area contributed by atoms with E-state index in [9.17, 15) is 5.26 Å². The van der Waals surface area contributed by atoms with Gasteiger partial charge in [0.05, 0.1) is 16.7 Å². The summed E-state index contributed by atoms with van der Waals surface area (Å²) in [4.78, 5) is 8.77. The van der Waals surface area contributed by atoms with Crippen LogP contribution in [0.1, 0.15) is 29.8 Å². The van der Waals surface area contributed by atoms with Gasteiger partial charge < -0.3 is 4.57 Å². The van der Waals surface area contributed by atoms with E-state index < -0.39 is 0 Å². The van der Waals surface area contributed by atoms with Crippen molar-refractivity contribution in [2.75, 3.05) is 0 Å². The van der Waals surface area contributed by atoms with Crippen LogP contribution in [0.5, 0.6) is 0 Å². The number of aromatic nitrogens is 3. The summed E-state index contributed by atoms with van der Waals surface area (Å²) < 4.78 is 2.42. The number of benzene rings is 1. The molecule has 5 rings (SSSR count). The second-order valence-electron chi connectivity index (χ2n) is 7.64. The van der Waals surface area contributed by atoms with Gasteiger partial charge in [0.2, 0.25) is 0 Å². The van der Waals surface area contributed by atoms with Crippen LogP contribution in [-0.2, 0) is 6.54 Å². The molecule has 138 valence electrons. The fourth-order valence-corrected chi connectivity index (χ4v) is 4.43. The molecule has 0 spiro atoms. The Morgan fingerprint density at radius 2 is 1.86 bits per heavy atom. The van der Waals surface area contributed by atoms with Crippen molar-refractivity contribution in [3.8, 4) is 17.2 Å². The zero-order chi connectivity index (χ0) is 19.4. The second kappa shape index (κ2) is 6.32. The van der Waals surface area contributed by atoms with Crippen molar-refractivity contribution < 1.29 is 0 Å². The van der Waals surface area contributed by atoms with Crippen molar-refractivity contribution in [2.45, 2.75) is 33.2 Å². The van der Waals surface area contributed by atoms with E-state index in [1.807, 2.05) is 31.3 Å². The summed E-state index contributed by atoms with van der Waals surface area (Å²) in [5.74, 6) is 0.718. The number of hydrogen-bond acceptors (Lipinski definition) is 3. The summed E-state index contributed by atoms with van der Waals surface area (Å²) in [5.41, 5.74) is 6.76. The van der Waals surface area contributed by atoms with Crippen LogP contribution in [-0.4, -0.2) is 14.5 Å². The van der Waals surface area contributed by atoms with Crippen LogP contribution in [0.3, 0.4) is 0 Å². The Morgan fingerprint density at radius 1 is 1.07 bits per heavy atom. The highest BCUT2D eigenvalue weighted by Crippen LogP contribution is 2.42. The molecule has 1 aromatic carbocycles. The van der Waals surface area contributed by atoms with E-state index in [1.54, 1.807) is 6.20 Å². The van der Waals surface area contributed by atoms with Crippen LogP contribution >= 0.6 is 11.6 Å². The molecule has 1 aliphatic rings. The third kappa shape index (κ3) is 2.58. The van der Waals surface area contributed by atoms with Gasteiger partial charge in [0.1, 0.15) is 11.8 Å². The molecule has 0 aliphatic heterocycles. The maximum atomic E-state index is 9.44. The van der Waals surface area contributed by atoms with Crippen LogP contribution in [0, 0.1) is 31.1 Å². The van der Waals surface area contributed by atoms with Crippen molar-refractivity contribution in [3.05, 3.63) is 58.6 Å². The van der Waals surface area contributed by atoms with Crippen LogP contribution in [0.2, 0.25) is 5.02 Å². The fraction of sp³-hybridized carbons (Fsp3) is 0.261. The Labute approximate surface area is 168 Å². The van der Waals surface area contributed by atoms with Gasteiger partial charge in [0.25, 0.3) is 0 Å². The Hall–Kier alpha value is -2.90. The van der Waals surface area contributed by atoms with Gasteiger partial charge in [-0.3, -0.25) is 4.98 Å². The summed E-state index contributed by atoms with van der Waals surface area (Å²) in [6.07, 6.45) is 6.12. The molecule has 5 heteroatoms. The van der Waals surface area contributed by atoms with E-state index in [0.717, 1.165) is 40.2 Å². The third-order valence-corrected chi connectivity index (χ3v) is 5.97. The Morgan fingerprint density at radius 3 is 2.61 bits per heavy atom. The van der Waals surface area contributed by atoms with Gasteiger partial charge in [-0.2, -0.15) is 5.26 Å². The largest absolute Gasteiger partial charge is 0.338 e. The molecule has 3 aromatic heterocycles. The SMILES string of the molecule is Cc1c(-c2cc(Cl)cc3c4ccnc(C)c4n(CC4CC4)c23)ccnc1C#N. The third-order valence-electron chi connectivity index (χ3n) is 5.75. The predicted molar refractivity (Wildman–Crippen MR) is 112 cm³/mol. The second-order valence-corrected chi connectivity index (χ2v) is 8.08. The molecule has 0 amide bonds. The van der Waals surface area contributed by atoms with Gasteiger partial charge in [-0.25, -0.2) is 4.98 Å². The first-order valence-corrected chi connectivity index (χ1v) is 9.89. The normalized spacial score (nSPS) is 13.9. The number of nitriles is 1. The molecule has 28 heavy (non-hydrogen) atoms. The first-order valence-electron chi connectivity index (χ1n) is 9.51. The van der Waals surface area contributed by atoms with Gasteiger partial charge in [-0.05, 0) is 68.0 Å². The zero-order valence-electron chi connectivity index (χ0n) is 15.8. The van der Waals surface area contributed by atoms with E-state index in [1.165, 1.54) is 29.3 Å². The molecule has 0 N–H and O–H groups in total. The maximum absolute atomic E-state index is 9.44. The first-order chi connectivity index (χ1) is 13.6. The molecule has 1 saturated carbocycles. The smallest absolute Gasteiger partial charge is 0.143 e. The molecule has 1 aliphatic carbocycles. The number of nitrogens with zero attached hydrogens (tertiary/aromatic N) is 4. The molecule has 3 heterocycles. The van der Waals surface area contributed by atoms with Gasteiger partial charge in [-0.1, -0.05) is 11.6 Å². The number of halogens is 1. The van der Waals surface area contributed by atoms with Gasteiger partial charge in [0, 0.05) is 40.3 Å². The Kier molecular flexibility index (Phi) is 3.89. The molecule has 0 bridgehead atoms. The highest BCUT2D eigenvalue weighted by Gasteiger charge is 2.26. The minimum Gasteiger partial charge on any atom is -0.338 e. The highest BCUT2D eigenvalue weighted by atomic mass is 35.5. The van der Waals surface area contributed by atoms with Crippen molar-refractivity contribution in [3.63, 3.8) is 0 Å². The van der Waals surface area contributed by atoms with E-state index in [4.69, 9.17) is 11.6 Å². The first kappa shape index (κ1) is 17.2. The quantitative estimate of drug-likeness (QED) is 0.447. The molecule has 1 fully saturated rings. The topological polar surface area (TPSA) is 54.5 Å². The average Bonchev–Trinajstić information content (AvgIpc) is 3.44. The van der Waals surface area contributed by atoms with Gasteiger partial charge in [-0.15, -0.1) is 0 Å². The van der Waals surface area contributed by atoms with Crippen LogP contribution in [0.4, 0.5) is 0 Å². The van der Waals surface area contributed by atoms with E-state index >= 15 is 0 Å². The predicted octanol–water partition coefficient (Wildman–Crippen LogP) is 5.80. The fourth-order valence-electron chi connectivity index (χ4n) is 4.21. The highest BCUT2D eigenvalue weighted by molar-refractivity contribution is 6.32. The minimum absolute atomic E-state index is 0.452. The summed E-state index contributed by atoms with van der Waals surface area (Å²) >= 11 is 6.56. The van der Waals surface area contributed by atoms with Gasteiger partial charge in [0.15, 0.2) is 0 Å². The van der Waals surface area contributed by atoms with Crippen LogP contribution in [0.25, 0.3) is 32.9 Å². The lowest BCUT2D eigenvalue weighted by molar-refractivity contribution is 0.662. The maximum Gasteiger partial charge on any atom is 0.143 e. The number of hydrogen-bond donors (Lipinski definition) is 0. The Bertz CT molecular complexity index is 1290. The number of fused-ring (bicyclic) bond motifs is 3. The van der Waals surface area contributed by atoms with Crippen molar-refractivity contribution in [2.24, 2.45) is 5.92 Å². The summed E-state index contributed by atoms with van der Waals surface area (Å²) in [5, 5.41) is 12.4. The molecule has 4 aromatic rings. The van der Waals surface area contributed by atoms with Crippen molar-refractivity contribution in [1.82, 2.24) is 14.5 Å². The monoisotopic (exact) mass is 386 g/mol. The molecule has 0 radical (unpaired) electrons. The van der Waals surface area contributed by atoms with Crippen LogP contribution in [0.15, 0.2) is 36.7 Å². The molecule has 4 nitrogen and oxygen atoms in total. The Balaban J connectivity index is 1.94. The average molecular weight is 387 g/mol. The molecular weight excluding hydrogens is 368 g/mol. The molecule has 0 unspecified atom stereocenters.